The Morgan fingerprint density at radius 2 is 1.83 bits per heavy atom. The number of aliphatic hydroxyl groups is 2. The van der Waals surface area contributed by atoms with Crippen molar-refractivity contribution in [2.75, 3.05) is 13.7 Å². The minimum atomic E-state index is -2.05. The highest BCUT2D eigenvalue weighted by Gasteiger charge is 2.83. The Morgan fingerprint density at radius 1 is 1.13 bits per heavy atom. The standard InChI is InChI=1S/C21H24O9/c1-19-6-9(22)13-12(8(19)4-5-10(19)23)15(24)21-14(17(26)30-18(21)27)16(25)29-11(7-28-3)20(13,21)2/h8-9,11,14,17,22,26H,4-7H2,1-3H3/t8-,9+,11+,14+,17+,19-,20+,21-/m0/s1. The van der Waals surface area contributed by atoms with Crippen LogP contribution < -0.4 is 0 Å². The SMILES string of the molecule is COC[C@H]1OC(=O)[C@@H]2[C@H](O)OC(=O)[C@@]23C(=O)C2=C([C@H](O)C[C@]4(C)C(=O)CC[C@@H]24)[C@@]13C. The molecule has 3 aliphatic carbocycles. The zero-order valence-electron chi connectivity index (χ0n) is 17.0. The van der Waals surface area contributed by atoms with Gasteiger partial charge in [0.05, 0.1) is 18.1 Å². The maximum atomic E-state index is 14.0. The molecule has 2 aliphatic heterocycles. The van der Waals surface area contributed by atoms with Gasteiger partial charge < -0.3 is 24.4 Å². The van der Waals surface area contributed by atoms with Crippen molar-refractivity contribution >= 4 is 23.5 Å². The highest BCUT2D eigenvalue weighted by atomic mass is 16.7. The number of ketones is 2. The van der Waals surface area contributed by atoms with Gasteiger partial charge in [-0.2, -0.15) is 0 Å². The molecule has 0 aromatic rings. The Hall–Kier alpha value is -2.10. The summed E-state index contributed by atoms with van der Waals surface area (Å²) < 4.78 is 15.8. The van der Waals surface area contributed by atoms with Gasteiger partial charge in [0, 0.05) is 30.4 Å². The average molecular weight is 420 g/mol. The number of hydrogen-bond donors (Lipinski definition) is 2. The number of aliphatic hydroxyl groups excluding tert-OH is 2. The number of carbonyl (C=O) groups excluding carboxylic acids is 4. The van der Waals surface area contributed by atoms with Crippen LogP contribution in [-0.4, -0.2) is 65.9 Å². The fraction of sp³-hybridized carbons (Fsp3) is 0.714. The molecule has 0 radical (unpaired) electrons. The molecule has 5 aliphatic rings. The molecule has 0 amide bonds. The molecule has 30 heavy (non-hydrogen) atoms. The highest BCUT2D eigenvalue weighted by Crippen LogP contribution is 2.71. The van der Waals surface area contributed by atoms with E-state index in [0.717, 1.165) is 0 Å². The number of cyclic esters (lactones) is 2. The largest absolute Gasteiger partial charge is 0.458 e. The van der Waals surface area contributed by atoms with Gasteiger partial charge in [-0.1, -0.05) is 13.8 Å². The van der Waals surface area contributed by atoms with Crippen molar-refractivity contribution in [1.82, 2.24) is 0 Å². The fourth-order valence-electron chi connectivity index (χ4n) is 7.02. The van der Waals surface area contributed by atoms with Crippen LogP contribution in [0.2, 0.25) is 0 Å². The van der Waals surface area contributed by atoms with Crippen molar-refractivity contribution in [3.05, 3.63) is 11.1 Å². The Morgan fingerprint density at radius 3 is 2.50 bits per heavy atom. The van der Waals surface area contributed by atoms with E-state index in [4.69, 9.17) is 14.2 Å². The molecular weight excluding hydrogens is 396 g/mol. The predicted molar refractivity (Wildman–Crippen MR) is 96.4 cm³/mol. The topological polar surface area (TPSA) is 136 Å². The van der Waals surface area contributed by atoms with Gasteiger partial charge in [-0.05, 0) is 18.4 Å². The van der Waals surface area contributed by atoms with Crippen LogP contribution in [0.5, 0.6) is 0 Å². The van der Waals surface area contributed by atoms with E-state index in [1.807, 2.05) is 0 Å². The average Bonchev–Trinajstić information content (AvgIpc) is 3.19. The molecule has 2 N–H and O–H groups in total. The van der Waals surface area contributed by atoms with E-state index in [1.54, 1.807) is 13.8 Å². The van der Waals surface area contributed by atoms with E-state index in [9.17, 15) is 29.4 Å². The smallest absolute Gasteiger partial charge is 0.324 e. The summed E-state index contributed by atoms with van der Waals surface area (Å²) in [5, 5.41) is 21.6. The minimum Gasteiger partial charge on any atom is -0.458 e. The summed E-state index contributed by atoms with van der Waals surface area (Å²) in [6, 6.07) is 0. The Bertz CT molecular complexity index is 937. The maximum Gasteiger partial charge on any atom is 0.324 e. The molecule has 8 atom stereocenters. The van der Waals surface area contributed by atoms with E-state index in [1.165, 1.54) is 7.11 Å². The van der Waals surface area contributed by atoms with Crippen LogP contribution in [0.1, 0.15) is 33.1 Å². The number of fused-ring (bicyclic) bond motifs is 3. The molecule has 0 unspecified atom stereocenters. The zero-order valence-corrected chi connectivity index (χ0v) is 17.0. The summed E-state index contributed by atoms with van der Waals surface area (Å²) in [6.07, 6.45) is -3.24. The second-order valence-electron chi connectivity index (χ2n) is 9.47. The summed E-state index contributed by atoms with van der Waals surface area (Å²) in [6.45, 7) is 3.22. The minimum absolute atomic E-state index is 0.0326. The highest BCUT2D eigenvalue weighted by molar-refractivity contribution is 6.21. The molecule has 9 heteroatoms. The van der Waals surface area contributed by atoms with Crippen LogP contribution in [-0.2, 0) is 33.4 Å². The van der Waals surface area contributed by atoms with E-state index in [0.29, 0.717) is 12.0 Å². The van der Waals surface area contributed by atoms with Gasteiger partial charge >= 0.3 is 11.9 Å². The molecule has 2 saturated heterocycles. The van der Waals surface area contributed by atoms with Crippen molar-refractivity contribution in [2.45, 2.75) is 51.6 Å². The summed E-state index contributed by atoms with van der Waals surface area (Å²) in [4.78, 5) is 52.7. The Kier molecular flexibility index (Phi) is 3.82. The van der Waals surface area contributed by atoms with Crippen molar-refractivity contribution < 1.29 is 43.6 Å². The Labute approximate surface area is 172 Å². The van der Waals surface area contributed by atoms with Crippen LogP contribution in [0.3, 0.4) is 0 Å². The van der Waals surface area contributed by atoms with Crippen LogP contribution in [0.15, 0.2) is 11.1 Å². The molecule has 3 fully saturated rings. The number of methoxy groups -OCH3 is 1. The molecule has 5 rings (SSSR count). The first-order valence-electron chi connectivity index (χ1n) is 10.2. The third-order valence-electron chi connectivity index (χ3n) is 8.41. The second-order valence-corrected chi connectivity index (χ2v) is 9.47. The molecule has 1 saturated carbocycles. The second kappa shape index (κ2) is 5.77. The monoisotopic (exact) mass is 420 g/mol. The Balaban J connectivity index is 1.81. The summed E-state index contributed by atoms with van der Waals surface area (Å²) >= 11 is 0. The van der Waals surface area contributed by atoms with Gasteiger partial charge in [0.25, 0.3) is 0 Å². The number of carbonyl (C=O) groups is 4. The van der Waals surface area contributed by atoms with Crippen LogP contribution in [0.4, 0.5) is 0 Å². The molecule has 0 aromatic carbocycles. The van der Waals surface area contributed by atoms with Crippen LogP contribution in [0.25, 0.3) is 0 Å². The van der Waals surface area contributed by atoms with E-state index in [2.05, 4.69) is 0 Å². The number of hydrogen-bond acceptors (Lipinski definition) is 9. The van der Waals surface area contributed by atoms with Gasteiger partial charge in [-0.3, -0.25) is 19.2 Å². The van der Waals surface area contributed by atoms with Crippen molar-refractivity contribution in [2.24, 2.45) is 28.1 Å². The van der Waals surface area contributed by atoms with Gasteiger partial charge in [0.1, 0.15) is 17.8 Å². The van der Waals surface area contributed by atoms with Gasteiger partial charge in [0.2, 0.25) is 6.29 Å². The lowest BCUT2D eigenvalue weighted by Gasteiger charge is -2.50. The molecular formula is C21H24O9. The third kappa shape index (κ3) is 1.82. The molecule has 0 aromatic heterocycles. The first-order chi connectivity index (χ1) is 14.1. The molecule has 9 nitrogen and oxygen atoms in total. The number of rotatable bonds is 2. The van der Waals surface area contributed by atoms with E-state index < -0.39 is 64.3 Å². The normalized spacial score (nSPS) is 49.4. The number of Topliss-reactive ketones (excluding diaryl/α,β-unsaturated/α-hetero) is 2. The summed E-state index contributed by atoms with van der Waals surface area (Å²) in [5.74, 6) is -4.61. The van der Waals surface area contributed by atoms with Crippen molar-refractivity contribution in [3.63, 3.8) is 0 Å². The predicted octanol–water partition coefficient (Wildman–Crippen LogP) is -0.328. The van der Waals surface area contributed by atoms with Crippen molar-refractivity contribution in [1.29, 1.82) is 0 Å². The number of ether oxygens (including phenoxy) is 3. The van der Waals surface area contributed by atoms with Gasteiger partial charge in [-0.15, -0.1) is 0 Å². The van der Waals surface area contributed by atoms with Gasteiger partial charge in [0.15, 0.2) is 11.2 Å². The lowest BCUT2D eigenvalue weighted by Crippen LogP contribution is -2.64. The lowest BCUT2D eigenvalue weighted by molar-refractivity contribution is -0.206. The molecule has 162 valence electrons. The van der Waals surface area contributed by atoms with E-state index >= 15 is 0 Å². The quantitative estimate of drug-likeness (QED) is 0.454. The molecule has 1 spiro atoms. The first-order valence-corrected chi connectivity index (χ1v) is 10.2. The van der Waals surface area contributed by atoms with Crippen molar-refractivity contribution in [3.8, 4) is 0 Å². The number of allylic oxidation sites excluding steroid dienone is 1. The van der Waals surface area contributed by atoms with E-state index in [-0.39, 0.29) is 30.8 Å². The molecule has 2 heterocycles. The van der Waals surface area contributed by atoms with Crippen LogP contribution >= 0.6 is 0 Å². The lowest BCUT2D eigenvalue weighted by atomic mass is 9.53. The third-order valence-corrected chi connectivity index (χ3v) is 8.41. The summed E-state index contributed by atoms with van der Waals surface area (Å²) in [7, 11) is 1.40. The summed E-state index contributed by atoms with van der Waals surface area (Å²) in [5.41, 5.74) is -3.90. The maximum absolute atomic E-state index is 14.0. The molecule has 0 bridgehead atoms. The first kappa shape index (κ1) is 19.8. The number of esters is 2. The van der Waals surface area contributed by atoms with Gasteiger partial charge in [-0.25, -0.2) is 0 Å². The fourth-order valence-corrected chi connectivity index (χ4v) is 7.02. The van der Waals surface area contributed by atoms with Crippen LogP contribution in [0, 0.1) is 28.1 Å². The zero-order chi connectivity index (χ0) is 21.8.